The average Bonchev–Trinajstić information content (AvgIpc) is 3.21. The molecule has 4 rings (SSSR count). The number of nitrogens with two attached hydrogens (primary N) is 1. The molecule has 6 nitrogen and oxygen atoms in total. The molecule has 0 radical (unpaired) electrons. The second kappa shape index (κ2) is 9.69. The van der Waals surface area contributed by atoms with Gasteiger partial charge in [0.25, 0.3) is 5.56 Å². The van der Waals surface area contributed by atoms with Gasteiger partial charge in [-0.05, 0) is 24.1 Å². The van der Waals surface area contributed by atoms with E-state index in [4.69, 9.17) is 5.73 Å². The zero-order chi connectivity index (χ0) is 20.2. The van der Waals surface area contributed by atoms with Crippen LogP contribution < -0.4 is 11.3 Å². The number of likely N-dealkylation sites (tertiary alicyclic amines) is 1. The van der Waals surface area contributed by atoms with Crippen LogP contribution >= 0.6 is 12.4 Å². The third kappa shape index (κ3) is 4.61. The second-order valence-corrected chi connectivity index (χ2v) is 7.39. The molecule has 0 aliphatic carbocycles. The van der Waals surface area contributed by atoms with Crippen molar-refractivity contribution in [1.82, 2.24) is 14.7 Å². The molecule has 7 heteroatoms. The standard InChI is InChI=1S/C23H24N4O2.ClH/c24-13-19-14-26(15-20(19)17-7-3-1-4-8-17)23(29)16-27-22(28)12-11-21(25-27)18-9-5-2-6-10-18;/h1-12,19-20H,13-16,24H2;1H/t19-,20+;/m1./s1. The molecule has 2 N–H and O–H groups in total. The molecule has 1 saturated heterocycles. The van der Waals surface area contributed by atoms with Crippen molar-refractivity contribution in [2.45, 2.75) is 12.5 Å². The molecule has 2 heterocycles. The maximum Gasteiger partial charge on any atom is 0.267 e. The Morgan fingerprint density at radius 2 is 1.63 bits per heavy atom. The van der Waals surface area contributed by atoms with E-state index in [1.54, 1.807) is 11.0 Å². The summed E-state index contributed by atoms with van der Waals surface area (Å²) < 4.78 is 1.25. The first kappa shape index (κ1) is 21.7. The maximum atomic E-state index is 12.9. The number of benzene rings is 2. The van der Waals surface area contributed by atoms with Gasteiger partial charge in [0.1, 0.15) is 6.54 Å². The quantitative estimate of drug-likeness (QED) is 0.682. The van der Waals surface area contributed by atoms with Crippen molar-refractivity contribution in [1.29, 1.82) is 0 Å². The summed E-state index contributed by atoms with van der Waals surface area (Å²) in [6.45, 7) is 1.66. The highest BCUT2D eigenvalue weighted by Crippen LogP contribution is 2.32. The third-order valence-electron chi connectivity index (χ3n) is 5.55. The molecule has 1 fully saturated rings. The number of carbonyl (C=O) groups is 1. The normalized spacial score (nSPS) is 18.1. The first-order valence-electron chi connectivity index (χ1n) is 9.82. The van der Waals surface area contributed by atoms with E-state index in [2.05, 4.69) is 17.2 Å². The van der Waals surface area contributed by atoms with Crippen molar-refractivity contribution in [2.24, 2.45) is 11.7 Å². The number of amides is 1. The summed E-state index contributed by atoms with van der Waals surface area (Å²) in [6, 6.07) is 22.9. The van der Waals surface area contributed by atoms with Crippen molar-refractivity contribution in [3.8, 4) is 11.3 Å². The fourth-order valence-electron chi connectivity index (χ4n) is 3.94. The molecule has 30 heavy (non-hydrogen) atoms. The van der Waals surface area contributed by atoms with E-state index in [1.165, 1.54) is 16.3 Å². The second-order valence-electron chi connectivity index (χ2n) is 7.39. The number of hydrogen-bond acceptors (Lipinski definition) is 4. The average molecular weight is 425 g/mol. The molecule has 1 aliphatic heterocycles. The van der Waals surface area contributed by atoms with Gasteiger partial charge >= 0.3 is 0 Å². The molecule has 2 atom stereocenters. The molecular weight excluding hydrogens is 400 g/mol. The third-order valence-corrected chi connectivity index (χ3v) is 5.55. The van der Waals surface area contributed by atoms with Crippen LogP contribution in [0.4, 0.5) is 0 Å². The van der Waals surface area contributed by atoms with Gasteiger partial charge in [0.2, 0.25) is 5.91 Å². The van der Waals surface area contributed by atoms with E-state index in [0.29, 0.717) is 25.3 Å². The van der Waals surface area contributed by atoms with Gasteiger partial charge in [0.05, 0.1) is 5.69 Å². The molecule has 156 valence electrons. The molecule has 0 spiro atoms. The van der Waals surface area contributed by atoms with Crippen LogP contribution in [0, 0.1) is 5.92 Å². The molecule has 0 bridgehead atoms. The summed E-state index contributed by atoms with van der Waals surface area (Å²) in [5.41, 5.74) is 8.46. The Morgan fingerprint density at radius 1 is 0.967 bits per heavy atom. The minimum atomic E-state index is -0.285. The lowest BCUT2D eigenvalue weighted by Crippen LogP contribution is -2.36. The fourth-order valence-corrected chi connectivity index (χ4v) is 3.94. The van der Waals surface area contributed by atoms with Gasteiger partial charge in [0.15, 0.2) is 0 Å². The highest BCUT2D eigenvalue weighted by molar-refractivity contribution is 5.85. The summed E-state index contributed by atoms with van der Waals surface area (Å²) in [4.78, 5) is 27.0. The lowest BCUT2D eigenvalue weighted by atomic mass is 9.89. The summed E-state index contributed by atoms with van der Waals surface area (Å²) in [6.07, 6.45) is 0. The van der Waals surface area contributed by atoms with E-state index >= 15 is 0 Å². The van der Waals surface area contributed by atoms with E-state index in [9.17, 15) is 9.59 Å². The lowest BCUT2D eigenvalue weighted by molar-refractivity contribution is -0.131. The van der Waals surface area contributed by atoms with Crippen LogP contribution in [-0.4, -0.2) is 40.2 Å². The van der Waals surface area contributed by atoms with Crippen LogP contribution in [0.25, 0.3) is 11.3 Å². The largest absolute Gasteiger partial charge is 0.340 e. The number of nitrogens with zero attached hydrogens (tertiary/aromatic N) is 3. The number of hydrogen-bond donors (Lipinski definition) is 1. The van der Waals surface area contributed by atoms with Crippen LogP contribution in [-0.2, 0) is 11.3 Å². The van der Waals surface area contributed by atoms with Gasteiger partial charge in [-0.25, -0.2) is 4.68 Å². The Hall–Kier alpha value is -2.96. The van der Waals surface area contributed by atoms with Crippen molar-refractivity contribution in [3.05, 3.63) is 88.7 Å². The van der Waals surface area contributed by atoms with Crippen molar-refractivity contribution < 1.29 is 4.79 Å². The van der Waals surface area contributed by atoms with Crippen LogP contribution in [0.15, 0.2) is 77.6 Å². The highest BCUT2D eigenvalue weighted by Gasteiger charge is 2.35. The number of carbonyl (C=O) groups excluding carboxylic acids is 1. The minimum Gasteiger partial charge on any atom is -0.340 e. The zero-order valence-corrected chi connectivity index (χ0v) is 17.4. The van der Waals surface area contributed by atoms with Gasteiger partial charge in [-0.2, -0.15) is 5.10 Å². The fraction of sp³-hybridized carbons (Fsp3) is 0.261. The van der Waals surface area contributed by atoms with Crippen LogP contribution in [0.2, 0.25) is 0 Å². The van der Waals surface area contributed by atoms with Crippen molar-refractivity contribution in [3.63, 3.8) is 0 Å². The summed E-state index contributed by atoms with van der Waals surface area (Å²) >= 11 is 0. The lowest BCUT2D eigenvalue weighted by Gasteiger charge is -2.17. The molecule has 0 saturated carbocycles. The molecule has 2 aromatic carbocycles. The smallest absolute Gasteiger partial charge is 0.267 e. The van der Waals surface area contributed by atoms with Crippen molar-refractivity contribution >= 4 is 18.3 Å². The summed E-state index contributed by atoms with van der Waals surface area (Å²) in [5, 5.41) is 4.40. The Bertz CT molecular complexity index is 1040. The van der Waals surface area contributed by atoms with Crippen LogP contribution in [0.3, 0.4) is 0 Å². The van der Waals surface area contributed by atoms with Gasteiger partial charge in [-0.3, -0.25) is 9.59 Å². The first-order valence-corrected chi connectivity index (χ1v) is 9.82. The molecule has 0 unspecified atom stereocenters. The number of halogens is 1. The molecule has 1 aliphatic rings. The first-order chi connectivity index (χ1) is 14.2. The van der Waals surface area contributed by atoms with Gasteiger partial charge in [0, 0.05) is 30.6 Å². The van der Waals surface area contributed by atoms with Crippen LogP contribution in [0.5, 0.6) is 0 Å². The van der Waals surface area contributed by atoms with Crippen molar-refractivity contribution in [2.75, 3.05) is 19.6 Å². The topological polar surface area (TPSA) is 81.2 Å². The monoisotopic (exact) mass is 424 g/mol. The Morgan fingerprint density at radius 3 is 2.30 bits per heavy atom. The Balaban J connectivity index is 0.00000256. The molecule has 1 amide bonds. The zero-order valence-electron chi connectivity index (χ0n) is 16.6. The minimum absolute atomic E-state index is 0. The van der Waals surface area contributed by atoms with E-state index in [0.717, 1.165) is 5.56 Å². The number of rotatable bonds is 5. The summed E-state index contributed by atoms with van der Waals surface area (Å²) in [7, 11) is 0. The van der Waals surface area contributed by atoms with E-state index in [1.807, 2.05) is 48.5 Å². The van der Waals surface area contributed by atoms with E-state index < -0.39 is 0 Å². The maximum absolute atomic E-state index is 12.9. The predicted molar refractivity (Wildman–Crippen MR) is 119 cm³/mol. The molecular formula is C23H25ClN4O2. The van der Waals surface area contributed by atoms with Crippen LogP contribution in [0.1, 0.15) is 11.5 Å². The highest BCUT2D eigenvalue weighted by atomic mass is 35.5. The molecule has 1 aromatic heterocycles. The van der Waals surface area contributed by atoms with Gasteiger partial charge in [-0.15, -0.1) is 12.4 Å². The van der Waals surface area contributed by atoms with E-state index in [-0.39, 0.29) is 42.3 Å². The van der Waals surface area contributed by atoms with Gasteiger partial charge in [-0.1, -0.05) is 60.7 Å². The summed E-state index contributed by atoms with van der Waals surface area (Å²) in [5.74, 6) is 0.314. The predicted octanol–water partition coefficient (Wildman–Crippen LogP) is 2.53. The Kier molecular flexibility index (Phi) is 7.03. The SMILES string of the molecule is Cl.NC[C@@H]1CN(C(=O)Cn2nc(-c3ccccc3)ccc2=O)C[C@H]1c1ccccc1. The Labute approximate surface area is 181 Å². The number of aromatic nitrogens is 2. The molecule has 3 aromatic rings. The van der Waals surface area contributed by atoms with Gasteiger partial charge < -0.3 is 10.6 Å².